The Bertz CT molecular complexity index is 1140. The first-order valence-electron chi connectivity index (χ1n) is 9.08. The molecule has 4 nitrogen and oxygen atoms in total. The summed E-state index contributed by atoms with van der Waals surface area (Å²) in [6.07, 6.45) is 0. The molecule has 3 aromatic carbocycles. The van der Waals surface area contributed by atoms with Crippen LogP contribution >= 0.6 is 22.9 Å². The van der Waals surface area contributed by atoms with Crippen LogP contribution in [0.2, 0.25) is 5.02 Å². The maximum atomic E-state index is 13.8. The molecule has 0 atom stereocenters. The van der Waals surface area contributed by atoms with Crippen molar-refractivity contribution < 1.29 is 13.9 Å². The number of thiazole rings is 1. The third kappa shape index (κ3) is 4.67. The van der Waals surface area contributed by atoms with Crippen LogP contribution < -0.4 is 10.1 Å². The van der Waals surface area contributed by atoms with Gasteiger partial charge in [-0.3, -0.25) is 4.79 Å². The summed E-state index contributed by atoms with van der Waals surface area (Å²) in [4.78, 5) is 16.8. The highest BCUT2D eigenvalue weighted by Crippen LogP contribution is 2.27. The van der Waals surface area contributed by atoms with Gasteiger partial charge in [-0.2, -0.15) is 0 Å². The number of ether oxygens (including phenoxy) is 1. The minimum absolute atomic E-state index is 0.0336. The van der Waals surface area contributed by atoms with Crippen LogP contribution in [0.4, 0.5) is 10.1 Å². The highest BCUT2D eigenvalue weighted by Gasteiger charge is 2.13. The summed E-state index contributed by atoms with van der Waals surface area (Å²) >= 11 is 7.40. The molecule has 1 heterocycles. The van der Waals surface area contributed by atoms with E-state index in [0.717, 1.165) is 10.6 Å². The number of rotatable bonds is 6. The van der Waals surface area contributed by atoms with Crippen molar-refractivity contribution in [3.8, 4) is 16.3 Å². The topological polar surface area (TPSA) is 51.2 Å². The zero-order valence-corrected chi connectivity index (χ0v) is 17.2. The number of nitrogens with zero attached hydrogens (tertiary/aromatic N) is 1. The van der Waals surface area contributed by atoms with E-state index in [0.29, 0.717) is 27.7 Å². The normalized spacial score (nSPS) is 10.6. The molecule has 0 aliphatic heterocycles. The molecule has 7 heteroatoms. The molecule has 0 bridgehead atoms. The van der Waals surface area contributed by atoms with Gasteiger partial charge in [-0.05, 0) is 48.5 Å². The minimum Gasteiger partial charge on any atom is -0.489 e. The van der Waals surface area contributed by atoms with Crippen molar-refractivity contribution in [1.82, 2.24) is 4.98 Å². The van der Waals surface area contributed by atoms with E-state index in [1.807, 2.05) is 42.5 Å². The first-order chi connectivity index (χ1) is 14.6. The lowest BCUT2D eigenvalue weighted by Crippen LogP contribution is -2.12. The Hall–Kier alpha value is -3.22. The molecule has 0 saturated heterocycles. The Morgan fingerprint density at radius 1 is 1.03 bits per heavy atom. The molecule has 0 spiro atoms. The number of hydrogen-bond acceptors (Lipinski definition) is 4. The van der Waals surface area contributed by atoms with Gasteiger partial charge in [0.05, 0.1) is 5.02 Å². The van der Waals surface area contributed by atoms with Gasteiger partial charge < -0.3 is 10.1 Å². The summed E-state index contributed by atoms with van der Waals surface area (Å²) in [5, 5.41) is 5.59. The van der Waals surface area contributed by atoms with Crippen LogP contribution in [0, 0.1) is 5.82 Å². The molecule has 0 saturated carbocycles. The van der Waals surface area contributed by atoms with Crippen LogP contribution in [0.3, 0.4) is 0 Å². The van der Waals surface area contributed by atoms with E-state index < -0.39 is 5.82 Å². The number of nitrogens with one attached hydrogen (secondary N) is 1. The fourth-order valence-electron chi connectivity index (χ4n) is 2.75. The first-order valence-corrected chi connectivity index (χ1v) is 10.3. The Morgan fingerprint density at radius 3 is 2.53 bits per heavy atom. The predicted octanol–water partition coefficient (Wildman–Crippen LogP) is 6.43. The van der Waals surface area contributed by atoms with Gasteiger partial charge in [-0.1, -0.05) is 35.9 Å². The quantitative estimate of drug-likeness (QED) is 0.377. The fraction of sp³-hybridized carbons (Fsp3) is 0.0435. The van der Waals surface area contributed by atoms with E-state index in [1.54, 1.807) is 29.6 Å². The number of carbonyl (C=O) groups is 1. The number of amides is 1. The molecule has 4 rings (SSSR count). The first kappa shape index (κ1) is 20.1. The standard InChI is InChI=1S/C23H16ClFN2O2S/c24-19-7-4-8-20(25)18(19)13-29-17-11-9-15(10-12-17)23-27-21(14-30-23)22(28)26-16-5-2-1-3-6-16/h1-12,14H,13H2,(H,26,28). The zero-order chi connectivity index (χ0) is 20.9. The Labute approximate surface area is 181 Å². The van der Waals surface area contributed by atoms with Gasteiger partial charge in [0.25, 0.3) is 5.91 Å². The number of halogens is 2. The van der Waals surface area contributed by atoms with Crippen molar-refractivity contribution in [3.63, 3.8) is 0 Å². The molecular formula is C23H16ClFN2O2S. The van der Waals surface area contributed by atoms with Gasteiger partial charge in [-0.25, -0.2) is 9.37 Å². The maximum absolute atomic E-state index is 13.8. The molecular weight excluding hydrogens is 423 g/mol. The number of aromatic nitrogens is 1. The molecule has 1 aromatic heterocycles. The Kier molecular flexibility index (Phi) is 6.07. The fourth-order valence-corrected chi connectivity index (χ4v) is 3.77. The van der Waals surface area contributed by atoms with Crippen LogP contribution in [-0.2, 0) is 6.61 Å². The summed E-state index contributed by atoms with van der Waals surface area (Å²) in [6, 6.07) is 21.0. The van der Waals surface area contributed by atoms with E-state index in [4.69, 9.17) is 16.3 Å². The van der Waals surface area contributed by atoms with E-state index in [9.17, 15) is 9.18 Å². The van der Waals surface area contributed by atoms with E-state index in [-0.39, 0.29) is 12.5 Å². The van der Waals surface area contributed by atoms with Gasteiger partial charge in [0, 0.05) is 22.2 Å². The van der Waals surface area contributed by atoms with Crippen LogP contribution in [0.15, 0.2) is 78.2 Å². The van der Waals surface area contributed by atoms with Gasteiger partial charge in [-0.15, -0.1) is 11.3 Å². The lowest BCUT2D eigenvalue weighted by Gasteiger charge is -2.09. The second-order valence-electron chi connectivity index (χ2n) is 6.37. The second-order valence-corrected chi connectivity index (χ2v) is 7.64. The molecule has 1 amide bonds. The maximum Gasteiger partial charge on any atom is 0.275 e. The van der Waals surface area contributed by atoms with Crippen LogP contribution in [-0.4, -0.2) is 10.9 Å². The van der Waals surface area contributed by atoms with Crippen molar-refractivity contribution in [2.45, 2.75) is 6.61 Å². The molecule has 0 aliphatic rings. The number of hydrogen-bond donors (Lipinski definition) is 1. The molecule has 0 radical (unpaired) electrons. The van der Waals surface area contributed by atoms with Gasteiger partial charge in [0.2, 0.25) is 0 Å². The molecule has 150 valence electrons. The second kappa shape index (κ2) is 9.07. The van der Waals surface area contributed by atoms with Gasteiger partial charge in [0.15, 0.2) is 0 Å². The lowest BCUT2D eigenvalue weighted by molar-refractivity contribution is 0.102. The summed E-state index contributed by atoms with van der Waals surface area (Å²) in [7, 11) is 0. The highest BCUT2D eigenvalue weighted by atomic mass is 35.5. The SMILES string of the molecule is O=C(Nc1ccccc1)c1csc(-c2ccc(OCc3c(F)cccc3Cl)cc2)n1. The zero-order valence-electron chi connectivity index (χ0n) is 15.6. The van der Waals surface area contributed by atoms with E-state index >= 15 is 0 Å². The molecule has 1 N–H and O–H groups in total. The van der Waals surface area contributed by atoms with Crippen LogP contribution in [0.1, 0.15) is 16.1 Å². The molecule has 0 aliphatic carbocycles. The average molecular weight is 439 g/mol. The largest absolute Gasteiger partial charge is 0.489 e. The van der Waals surface area contributed by atoms with Gasteiger partial charge >= 0.3 is 0 Å². The van der Waals surface area contributed by atoms with E-state index in [2.05, 4.69) is 10.3 Å². The minimum atomic E-state index is -0.400. The third-order valence-electron chi connectivity index (χ3n) is 4.31. The summed E-state index contributed by atoms with van der Waals surface area (Å²) in [5.41, 5.74) is 2.24. The molecule has 4 aromatic rings. The van der Waals surface area contributed by atoms with Crippen molar-refractivity contribution in [1.29, 1.82) is 0 Å². The van der Waals surface area contributed by atoms with Gasteiger partial charge in [0.1, 0.15) is 28.9 Å². The summed E-state index contributed by atoms with van der Waals surface area (Å²) in [6.45, 7) is 0.0336. The molecule has 30 heavy (non-hydrogen) atoms. The highest BCUT2D eigenvalue weighted by molar-refractivity contribution is 7.13. The molecule has 0 fully saturated rings. The van der Waals surface area contributed by atoms with E-state index in [1.165, 1.54) is 17.4 Å². The predicted molar refractivity (Wildman–Crippen MR) is 118 cm³/mol. The van der Waals surface area contributed by atoms with Crippen LogP contribution in [0.25, 0.3) is 10.6 Å². The Morgan fingerprint density at radius 2 is 1.80 bits per heavy atom. The van der Waals surface area contributed by atoms with Crippen molar-refractivity contribution in [3.05, 3.63) is 100 Å². The van der Waals surface area contributed by atoms with Crippen molar-refractivity contribution in [2.75, 3.05) is 5.32 Å². The number of anilines is 1. The summed E-state index contributed by atoms with van der Waals surface area (Å²) in [5.74, 6) is -0.0784. The third-order valence-corrected chi connectivity index (χ3v) is 5.56. The average Bonchev–Trinajstić information content (AvgIpc) is 3.25. The van der Waals surface area contributed by atoms with Crippen LogP contribution in [0.5, 0.6) is 5.75 Å². The Balaban J connectivity index is 1.41. The monoisotopic (exact) mass is 438 g/mol. The number of para-hydroxylation sites is 1. The molecule has 0 unspecified atom stereocenters. The van der Waals surface area contributed by atoms with Crippen molar-refractivity contribution in [2.24, 2.45) is 0 Å². The number of benzene rings is 3. The lowest BCUT2D eigenvalue weighted by atomic mass is 10.2. The van der Waals surface area contributed by atoms with Crippen molar-refractivity contribution >= 4 is 34.5 Å². The smallest absolute Gasteiger partial charge is 0.275 e. The number of carbonyl (C=O) groups excluding carboxylic acids is 1. The summed E-state index contributed by atoms with van der Waals surface area (Å²) < 4.78 is 19.5.